The molecule has 1 aromatic carbocycles. The molecule has 0 atom stereocenters. The molecule has 9 heteroatoms. The number of aromatic nitrogens is 2. The molecule has 1 N–H and O–H groups in total. The summed E-state index contributed by atoms with van der Waals surface area (Å²) in [6.45, 7) is 4.62. The van der Waals surface area contributed by atoms with Gasteiger partial charge in [-0.2, -0.15) is 0 Å². The zero-order chi connectivity index (χ0) is 22.0. The first-order valence-electron chi connectivity index (χ1n) is 10.3. The summed E-state index contributed by atoms with van der Waals surface area (Å²) in [4.78, 5) is 41.9. The molecule has 0 saturated carbocycles. The summed E-state index contributed by atoms with van der Waals surface area (Å²) in [6.07, 6.45) is 0.593. The number of methoxy groups -OCH3 is 1. The Hall–Kier alpha value is -2.91. The largest absolute Gasteiger partial charge is 0.383 e. The van der Waals surface area contributed by atoms with Gasteiger partial charge >= 0.3 is 11.7 Å². The van der Waals surface area contributed by atoms with Crippen molar-refractivity contribution >= 4 is 27.6 Å². The molecule has 8 nitrogen and oxygen atoms in total. The van der Waals surface area contributed by atoms with Gasteiger partial charge in [0.1, 0.15) is 4.83 Å². The van der Waals surface area contributed by atoms with E-state index in [1.807, 2.05) is 37.3 Å². The summed E-state index contributed by atoms with van der Waals surface area (Å²) in [5, 5.41) is 3.36. The lowest BCUT2D eigenvalue weighted by Crippen LogP contribution is -2.40. The molecule has 4 rings (SSSR count). The first kappa shape index (κ1) is 21.3. The third-order valence-electron chi connectivity index (χ3n) is 5.66. The van der Waals surface area contributed by atoms with Gasteiger partial charge in [-0.1, -0.05) is 30.3 Å². The van der Waals surface area contributed by atoms with Crippen LogP contribution in [0.4, 0.5) is 4.79 Å². The molecular weight excluding hydrogens is 416 g/mol. The van der Waals surface area contributed by atoms with E-state index in [1.54, 1.807) is 16.6 Å². The SMILES string of the molecule is COCCn1c(=O)n(CCc2ccccc2)c(=O)c2c(C)c(CN3CCNC3=O)sc21. The van der Waals surface area contributed by atoms with Crippen LogP contribution >= 0.6 is 11.3 Å². The summed E-state index contributed by atoms with van der Waals surface area (Å²) in [5.41, 5.74) is 1.32. The molecule has 2 amide bonds. The van der Waals surface area contributed by atoms with E-state index in [2.05, 4.69) is 5.32 Å². The Kier molecular flexibility index (Phi) is 6.24. The van der Waals surface area contributed by atoms with Crippen LogP contribution in [0.3, 0.4) is 0 Å². The Balaban J connectivity index is 1.78. The first-order chi connectivity index (χ1) is 15.0. The molecule has 0 radical (unpaired) electrons. The van der Waals surface area contributed by atoms with E-state index in [0.717, 1.165) is 16.0 Å². The number of rotatable bonds is 8. The molecule has 3 aromatic rings. The average molecular weight is 443 g/mol. The first-order valence-corrected chi connectivity index (χ1v) is 11.1. The number of nitrogens with one attached hydrogen (secondary N) is 1. The van der Waals surface area contributed by atoms with Crippen molar-refractivity contribution in [3.8, 4) is 0 Å². The van der Waals surface area contributed by atoms with Gasteiger partial charge in [-0.3, -0.25) is 13.9 Å². The van der Waals surface area contributed by atoms with E-state index in [4.69, 9.17) is 4.74 Å². The Morgan fingerprint density at radius 2 is 1.87 bits per heavy atom. The smallest absolute Gasteiger partial charge is 0.332 e. The standard InChI is InChI=1S/C22H26N4O4S/c1-15-17(14-24-11-9-23-21(24)28)31-20-18(15)19(27)25(22(29)26(20)12-13-30-2)10-8-16-6-4-3-5-7-16/h3-7H,8-14H2,1-2H3,(H,23,28). The second-order valence-electron chi connectivity index (χ2n) is 7.60. The van der Waals surface area contributed by atoms with Crippen molar-refractivity contribution in [2.24, 2.45) is 0 Å². The number of hydrogen-bond acceptors (Lipinski definition) is 5. The van der Waals surface area contributed by atoms with Crippen LogP contribution in [-0.4, -0.2) is 46.9 Å². The lowest BCUT2D eigenvalue weighted by molar-refractivity contribution is 0.186. The van der Waals surface area contributed by atoms with Crippen LogP contribution in [0.5, 0.6) is 0 Å². The van der Waals surface area contributed by atoms with Crippen LogP contribution in [0.15, 0.2) is 39.9 Å². The highest BCUT2D eigenvalue weighted by Crippen LogP contribution is 2.29. The van der Waals surface area contributed by atoms with Gasteiger partial charge in [0, 0.05) is 31.6 Å². The number of nitrogens with zero attached hydrogens (tertiary/aromatic N) is 3. The summed E-state index contributed by atoms with van der Waals surface area (Å²) in [7, 11) is 1.59. The number of amides is 2. The third kappa shape index (κ3) is 4.15. The van der Waals surface area contributed by atoms with Gasteiger partial charge in [0.15, 0.2) is 0 Å². The zero-order valence-corrected chi connectivity index (χ0v) is 18.5. The van der Waals surface area contributed by atoms with Crippen molar-refractivity contribution in [2.45, 2.75) is 33.0 Å². The van der Waals surface area contributed by atoms with E-state index >= 15 is 0 Å². The lowest BCUT2D eigenvalue weighted by Gasteiger charge is -2.12. The summed E-state index contributed by atoms with van der Waals surface area (Å²) >= 11 is 1.41. The van der Waals surface area contributed by atoms with Crippen LogP contribution in [-0.2, 0) is 30.8 Å². The second-order valence-corrected chi connectivity index (χ2v) is 8.69. The highest BCUT2D eigenvalue weighted by molar-refractivity contribution is 7.18. The minimum atomic E-state index is -0.322. The van der Waals surface area contributed by atoms with Gasteiger partial charge < -0.3 is 15.0 Å². The molecule has 1 fully saturated rings. The topological polar surface area (TPSA) is 85.6 Å². The van der Waals surface area contributed by atoms with Crippen LogP contribution < -0.4 is 16.6 Å². The maximum Gasteiger partial charge on any atom is 0.332 e. The molecule has 3 heterocycles. The summed E-state index contributed by atoms with van der Waals surface area (Å²) in [5.74, 6) is 0. The second kappa shape index (κ2) is 9.07. The molecule has 0 aliphatic carbocycles. The monoisotopic (exact) mass is 442 g/mol. The number of benzene rings is 1. The molecule has 0 unspecified atom stereocenters. The molecule has 1 aliphatic rings. The number of carbonyl (C=O) groups is 1. The van der Waals surface area contributed by atoms with Gasteiger partial charge in [0.25, 0.3) is 5.56 Å². The van der Waals surface area contributed by atoms with Crippen molar-refractivity contribution in [3.63, 3.8) is 0 Å². The van der Waals surface area contributed by atoms with Gasteiger partial charge in [-0.15, -0.1) is 11.3 Å². The number of carbonyl (C=O) groups excluding carboxylic acids is 1. The fourth-order valence-electron chi connectivity index (χ4n) is 3.89. The van der Waals surface area contributed by atoms with Gasteiger partial charge in [-0.25, -0.2) is 9.59 Å². The van der Waals surface area contributed by atoms with E-state index in [-0.39, 0.29) is 17.3 Å². The van der Waals surface area contributed by atoms with Crippen molar-refractivity contribution in [1.82, 2.24) is 19.4 Å². The van der Waals surface area contributed by atoms with E-state index in [0.29, 0.717) is 56.0 Å². The van der Waals surface area contributed by atoms with E-state index in [1.165, 1.54) is 15.9 Å². The normalized spacial score (nSPS) is 13.9. The number of thiophene rings is 1. The van der Waals surface area contributed by atoms with Gasteiger partial charge in [0.2, 0.25) is 0 Å². The highest BCUT2D eigenvalue weighted by atomic mass is 32.1. The Labute approximate surface area is 183 Å². The van der Waals surface area contributed by atoms with Crippen LogP contribution in [0, 0.1) is 6.92 Å². The number of ether oxygens (including phenoxy) is 1. The number of hydrogen-bond donors (Lipinski definition) is 1. The Morgan fingerprint density at radius 3 is 2.55 bits per heavy atom. The molecular formula is C22H26N4O4S. The zero-order valence-electron chi connectivity index (χ0n) is 17.7. The third-order valence-corrected chi connectivity index (χ3v) is 6.96. The molecule has 31 heavy (non-hydrogen) atoms. The summed E-state index contributed by atoms with van der Waals surface area (Å²) in [6, 6.07) is 9.71. The predicted octanol–water partition coefficient (Wildman–Crippen LogP) is 1.95. The lowest BCUT2D eigenvalue weighted by atomic mass is 10.1. The average Bonchev–Trinajstić information content (AvgIpc) is 3.32. The number of urea groups is 1. The van der Waals surface area contributed by atoms with Gasteiger partial charge in [0.05, 0.1) is 25.1 Å². The minimum Gasteiger partial charge on any atom is -0.383 e. The van der Waals surface area contributed by atoms with Crippen molar-refractivity contribution in [2.75, 3.05) is 26.8 Å². The van der Waals surface area contributed by atoms with E-state index < -0.39 is 0 Å². The predicted molar refractivity (Wildman–Crippen MR) is 121 cm³/mol. The molecule has 2 aromatic heterocycles. The maximum absolute atomic E-state index is 13.4. The quantitative estimate of drug-likeness (QED) is 0.578. The van der Waals surface area contributed by atoms with Crippen LogP contribution in [0.25, 0.3) is 10.2 Å². The number of aryl methyl sites for hydroxylation is 2. The van der Waals surface area contributed by atoms with Crippen LogP contribution in [0.1, 0.15) is 16.0 Å². The molecule has 164 valence electrons. The van der Waals surface area contributed by atoms with Crippen molar-refractivity contribution in [1.29, 1.82) is 0 Å². The highest BCUT2D eigenvalue weighted by Gasteiger charge is 2.24. The maximum atomic E-state index is 13.4. The van der Waals surface area contributed by atoms with Crippen molar-refractivity contribution < 1.29 is 9.53 Å². The molecule has 1 saturated heterocycles. The fourth-order valence-corrected chi connectivity index (χ4v) is 5.22. The van der Waals surface area contributed by atoms with E-state index in [9.17, 15) is 14.4 Å². The molecule has 1 aliphatic heterocycles. The number of fused-ring (bicyclic) bond motifs is 1. The van der Waals surface area contributed by atoms with Crippen LogP contribution in [0.2, 0.25) is 0 Å². The molecule has 0 spiro atoms. The Morgan fingerprint density at radius 1 is 1.10 bits per heavy atom. The Bertz CT molecular complexity index is 1210. The summed E-state index contributed by atoms with van der Waals surface area (Å²) < 4.78 is 8.17. The van der Waals surface area contributed by atoms with Crippen molar-refractivity contribution in [3.05, 3.63) is 67.2 Å². The fraction of sp³-hybridized carbons (Fsp3) is 0.409. The minimum absolute atomic E-state index is 0.103. The molecule has 0 bridgehead atoms. The van der Waals surface area contributed by atoms with Gasteiger partial charge in [-0.05, 0) is 24.5 Å².